The molecule has 3 N–H and O–H groups in total. The molecule has 206 valence electrons. The van der Waals surface area contributed by atoms with E-state index < -0.39 is 23.1 Å². The first-order valence-corrected chi connectivity index (χ1v) is 13.5. The number of rotatable bonds is 11. The number of hydrogen-bond donors (Lipinski definition) is 2. The van der Waals surface area contributed by atoms with Crippen LogP contribution in [0.3, 0.4) is 0 Å². The van der Waals surface area contributed by atoms with E-state index in [1.54, 1.807) is 24.3 Å². The van der Waals surface area contributed by atoms with E-state index in [1.807, 2.05) is 32.9 Å². The van der Waals surface area contributed by atoms with Gasteiger partial charge in [-0.1, -0.05) is 51.5 Å². The number of aromatic amines is 1. The van der Waals surface area contributed by atoms with Gasteiger partial charge in [0.2, 0.25) is 5.91 Å². The second kappa shape index (κ2) is 11.7. The van der Waals surface area contributed by atoms with E-state index in [1.165, 1.54) is 14.4 Å². The zero-order chi connectivity index (χ0) is 28.3. The quantitative estimate of drug-likeness (QED) is 0.362. The number of anilines is 2. The van der Waals surface area contributed by atoms with Gasteiger partial charge in [0.05, 0.1) is 0 Å². The average Bonchev–Trinajstić information content (AvgIpc) is 2.90. The van der Waals surface area contributed by atoms with E-state index >= 15 is 0 Å². The summed E-state index contributed by atoms with van der Waals surface area (Å²) in [7, 11) is 0. The molecule has 0 spiro atoms. The molecule has 2 heterocycles. The van der Waals surface area contributed by atoms with Crippen molar-refractivity contribution in [2.75, 3.05) is 23.7 Å². The fraction of sp³-hybridized carbons (Fsp3) is 0.414. The molecule has 1 aliphatic heterocycles. The van der Waals surface area contributed by atoms with Crippen LogP contribution in [0.5, 0.6) is 0 Å². The number of nitrogens with one attached hydrogen (secondary N) is 1. The third kappa shape index (κ3) is 5.50. The predicted octanol–water partition coefficient (Wildman–Crippen LogP) is 3.53. The van der Waals surface area contributed by atoms with Crippen molar-refractivity contribution in [2.45, 2.75) is 59.4 Å². The van der Waals surface area contributed by atoms with Crippen molar-refractivity contribution >= 4 is 40.0 Å². The molecule has 0 atom stereocenters. The normalized spacial score (nSPS) is 13.0. The molecule has 0 bridgehead atoms. The maximum atomic E-state index is 13.5. The monoisotopic (exact) mass is 533 g/mol. The van der Waals surface area contributed by atoms with Gasteiger partial charge in [-0.25, -0.2) is 4.79 Å². The van der Waals surface area contributed by atoms with Crippen molar-refractivity contribution in [3.63, 3.8) is 0 Å². The van der Waals surface area contributed by atoms with Crippen LogP contribution in [0, 0.1) is 5.92 Å². The lowest BCUT2D eigenvalue weighted by molar-refractivity contribution is -0.118. The number of imide groups is 1. The fourth-order valence-corrected chi connectivity index (χ4v) is 4.93. The highest BCUT2D eigenvalue weighted by atomic mass is 16.2. The minimum atomic E-state index is -0.714. The molecule has 1 aliphatic rings. The Labute approximate surface area is 226 Å². The van der Waals surface area contributed by atoms with Gasteiger partial charge in [0.1, 0.15) is 5.82 Å². The van der Waals surface area contributed by atoms with Crippen molar-refractivity contribution in [3.8, 4) is 0 Å². The molecular formula is C29H35N5O5. The smallest absolute Gasteiger partial charge is 0.330 e. The summed E-state index contributed by atoms with van der Waals surface area (Å²) in [5, 5.41) is 1.47. The molecule has 4 rings (SSSR count). The van der Waals surface area contributed by atoms with Crippen molar-refractivity contribution in [3.05, 3.63) is 68.4 Å². The number of unbranched alkanes of at least 4 members (excludes halogenated alkanes) is 1. The minimum Gasteiger partial charge on any atom is -0.383 e. The third-order valence-corrected chi connectivity index (χ3v) is 7.08. The summed E-state index contributed by atoms with van der Waals surface area (Å²) >= 11 is 0. The third-order valence-electron chi connectivity index (χ3n) is 7.08. The van der Waals surface area contributed by atoms with Crippen molar-refractivity contribution in [1.29, 1.82) is 0 Å². The van der Waals surface area contributed by atoms with Gasteiger partial charge in [0.15, 0.2) is 5.69 Å². The van der Waals surface area contributed by atoms with E-state index in [0.717, 1.165) is 11.8 Å². The summed E-state index contributed by atoms with van der Waals surface area (Å²) < 4.78 is 1.29. The Balaban J connectivity index is 1.55. The lowest BCUT2D eigenvalue weighted by atomic mass is 9.94. The highest BCUT2D eigenvalue weighted by Gasteiger charge is 2.32. The first-order chi connectivity index (χ1) is 18.6. The number of amides is 3. The highest BCUT2D eigenvalue weighted by molar-refractivity contribution is 6.25. The van der Waals surface area contributed by atoms with Crippen LogP contribution in [0.1, 0.15) is 73.6 Å². The van der Waals surface area contributed by atoms with Gasteiger partial charge in [-0.2, -0.15) is 0 Å². The number of nitrogens with two attached hydrogens (primary N) is 1. The molecular weight excluding hydrogens is 498 g/mol. The lowest BCUT2D eigenvalue weighted by Gasteiger charge is -2.28. The molecule has 0 saturated carbocycles. The number of hydrogen-bond acceptors (Lipinski definition) is 6. The first kappa shape index (κ1) is 27.8. The molecule has 39 heavy (non-hydrogen) atoms. The second-order valence-electron chi connectivity index (χ2n) is 10.3. The Morgan fingerprint density at radius 1 is 0.974 bits per heavy atom. The number of benzene rings is 2. The van der Waals surface area contributed by atoms with Crippen LogP contribution in [0.15, 0.2) is 46.0 Å². The van der Waals surface area contributed by atoms with E-state index in [9.17, 15) is 24.0 Å². The Hall–Kier alpha value is -4.21. The molecule has 2 aromatic carbocycles. The number of carbonyl (C=O) groups excluding carboxylic acids is 3. The van der Waals surface area contributed by atoms with Crippen LogP contribution < -0.4 is 21.9 Å². The number of nitrogens with zero attached hydrogens (tertiary/aromatic N) is 3. The van der Waals surface area contributed by atoms with Crippen molar-refractivity contribution in [2.24, 2.45) is 5.92 Å². The minimum absolute atomic E-state index is 0.0199. The summed E-state index contributed by atoms with van der Waals surface area (Å²) in [6, 6.07) is 10.7. The predicted molar refractivity (Wildman–Crippen MR) is 151 cm³/mol. The molecule has 0 aliphatic carbocycles. The Morgan fingerprint density at radius 3 is 2.21 bits per heavy atom. The van der Waals surface area contributed by atoms with Crippen LogP contribution in [-0.2, 0) is 11.3 Å². The SMILES string of the molecule is CCCCn1c(N)c(N(CCC(C)C)C(=O)CCCN2C(=O)c3cccc4cccc(c34)C2=O)c(=O)[nH]c1=O. The first-order valence-electron chi connectivity index (χ1n) is 13.5. The Bertz CT molecular complexity index is 1490. The van der Waals surface area contributed by atoms with Gasteiger partial charge in [-0.15, -0.1) is 0 Å². The largest absolute Gasteiger partial charge is 0.383 e. The fourth-order valence-electron chi connectivity index (χ4n) is 4.93. The zero-order valence-electron chi connectivity index (χ0n) is 22.7. The maximum Gasteiger partial charge on any atom is 0.330 e. The summed E-state index contributed by atoms with van der Waals surface area (Å²) in [5.41, 5.74) is 5.84. The molecule has 3 amide bonds. The highest BCUT2D eigenvalue weighted by Crippen LogP contribution is 2.30. The summed E-state index contributed by atoms with van der Waals surface area (Å²) in [6.45, 7) is 6.60. The number of carbonyl (C=O) groups is 3. The van der Waals surface area contributed by atoms with Crippen LogP contribution in [0.2, 0.25) is 0 Å². The summed E-state index contributed by atoms with van der Waals surface area (Å²) in [5.74, 6) is -0.944. The zero-order valence-corrected chi connectivity index (χ0v) is 22.7. The van der Waals surface area contributed by atoms with Gasteiger partial charge >= 0.3 is 5.69 Å². The van der Waals surface area contributed by atoms with E-state index in [4.69, 9.17) is 5.73 Å². The van der Waals surface area contributed by atoms with Crippen molar-refractivity contribution < 1.29 is 14.4 Å². The lowest BCUT2D eigenvalue weighted by Crippen LogP contribution is -2.43. The number of aromatic nitrogens is 2. The standard InChI is InChI=1S/C29H35N5O5/c1-4-5-15-33-25(30)24(26(36)31-29(33)39)32(17-14-18(2)3)22(35)13-8-16-34-27(37)20-11-6-9-19-10-7-12-21(23(19)20)28(34)38/h6-7,9-12,18H,4-5,8,13-17,30H2,1-3H3,(H,31,36,39). The van der Waals surface area contributed by atoms with Crippen LogP contribution in [-0.4, -0.2) is 45.3 Å². The molecule has 0 fully saturated rings. The van der Waals surface area contributed by atoms with E-state index in [2.05, 4.69) is 4.98 Å². The van der Waals surface area contributed by atoms with Gasteiger partial charge in [-0.05, 0) is 42.7 Å². The van der Waals surface area contributed by atoms with Crippen molar-refractivity contribution in [1.82, 2.24) is 14.5 Å². The number of H-pyrrole nitrogens is 1. The molecule has 0 saturated heterocycles. The Kier molecular flexibility index (Phi) is 8.32. The summed E-state index contributed by atoms with van der Waals surface area (Å²) in [4.78, 5) is 69.9. The van der Waals surface area contributed by atoms with Gasteiger partial charge < -0.3 is 10.6 Å². The average molecular weight is 534 g/mol. The van der Waals surface area contributed by atoms with Crippen LogP contribution in [0.25, 0.3) is 10.8 Å². The molecule has 10 heteroatoms. The maximum absolute atomic E-state index is 13.5. The molecule has 1 aromatic heterocycles. The van der Waals surface area contributed by atoms with E-state index in [0.29, 0.717) is 35.9 Å². The molecule has 3 aromatic rings. The number of nitrogen functional groups attached to an aromatic ring is 1. The second-order valence-corrected chi connectivity index (χ2v) is 10.3. The van der Waals surface area contributed by atoms with Gasteiger partial charge in [0, 0.05) is 42.6 Å². The van der Waals surface area contributed by atoms with Crippen LogP contribution >= 0.6 is 0 Å². The Morgan fingerprint density at radius 2 is 1.62 bits per heavy atom. The van der Waals surface area contributed by atoms with Gasteiger partial charge in [-0.3, -0.25) is 33.6 Å². The molecule has 0 unspecified atom stereocenters. The summed E-state index contributed by atoms with van der Waals surface area (Å²) in [6.07, 6.45) is 2.31. The molecule has 0 radical (unpaired) electrons. The van der Waals surface area contributed by atoms with Crippen LogP contribution in [0.4, 0.5) is 11.5 Å². The van der Waals surface area contributed by atoms with E-state index in [-0.39, 0.29) is 49.3 Å². The van der Waals surface area contributed by atoms with Gasteiger partial charge in [0.25, 0.3) is 17.4 Å². The molecule has 10 nitrogen and oxygen atoms in total. The topological polar surface area (TPSA) is 139 Å².